The molecule has 0 heterocycles. The van der Waals surface area contributed by atoms with E-state index in [0.29, 0.717) is 0 Å². The lowest BCUT2D eigenvalue weighted by Gasteiger charge is -2.02. The van der Waals surface area contributed by atoms with Crippen LogP contribution in [-0.2, 0) is 0 Å². The van der Waals surface area contributed by atoms with E-state index in [1.807, 2.05) is 0 Å². The summed E-state index contributed by atoms with van der Waals surface area (Å²) < 4.78 is 30.6. The van der Waals surface area contributed by atoms with Crippen LogP contribution in [0.5, 0.6) is 5.75 Å². The lowest BCUT2D eigenvalue weighted by atomic mass is 10.1. The van der Waals surface area contributed by atoms with Crippen molar-refractivity contribution in [3.8, 4) is 5.75 Å². The van der Waals surface area contributed by atoms with E-state index in [4.69, 9.17) is 0 Å². The topological polar surface area (TPSA) is 26.3 Å². The molecular formula is C8H5F2IO2. The van der Waals surface area contributed by atoms with Crippen molar-refractivity contribution < 1.29 is 16.6 Å². The second-order valence-electron chi connectivity index (χ2n) is 2.40. The van der Waals surface area contributed by atoms with E-state index in [-0.39, 0.29) is 5.75 Å². The molecule has 13 heavy (non-hydrogen) atoms. The molecule has 0 atom stereocenters. The highest BCUT2D eigenvalue weighted by Crippen LogP contribution is 2.22. The zero-order chi connectivity index (χ0) is 10.0. The van der Waals surface area contributed by atoms with Crippen LogP contribution >= 0.6 is 23.0 Å². The van der Waals surface area contributed by atoms with E-state index in [1.165, 1.54) is 23.0 Å². The van der Waals surface area contributed by atoms with Crippen LogP contribution in [0.3, 0.4) is 0 Å². The van der Waals surface area contributed by atoms with Crippen LogP contribution in [0.25, 0.3) is 0 Å². The van der Waals surface area contributed by atoms with Gasteiger partial charge in [0.1, 0.15) is 17.4 Å². The molecule has 0 unspecified atom stereocenters. The number of hydrogen-bond acceptors (Lipinski definition) is 2. The summed E-state index contributed by atoms with van der Waals surface area (Å²) in [5, 5.41) is 0. The van der Waals surface area contributed by atoms with Gasteiger partial charge in [0.15, 0.2) is 28.8 Å². The van der Waals surface area contributed by atoms with Crippen molar-refractivity contribution in [2.75, 3.05) is 0 Å². The lowest BCUT2D eigenvalue weighted by molar-refractivity contribution is 0.101. The third-order valence-electron chi connectivity index (χ3n) is 1.46. The number of rotatable bonds is 2. The van der Waals surface area contributed by atoms with Gasteiger partial charge in [-0.25, -0.2) is 8.78 Å². The van der Waals surface area contributed by atoms with Gasteiger partial charge >= 0.3 is 0 Å². The molecule has 1 rings (SSSR count). The Labute approximate surface area is 87.6 Å². The molecule has 0 saturated heterocycles. The summed E-state index contributed by atoms with van der Waals surface area (Å²) in [6.45, 7) is 1.10. The van der Waals surface area contributed by atoms with E-state index in [9.17, 15) is 13.6 Å². The predicted octanol–water partition coefficient (Wildman–Crippen LogP) is 2.90. The molecule has 0 aliphatic rings. The summed E-state index contributed by atoms with van der Waals surface area (Å²) in [6, 6.07) is 1.93. The summed E-state index contributed by atoms with van der Waals surface area (Å²) in [6.07, 6.45) is 0. The monoisotopic (exact) mass is 298 g/mol. The van der Waals surface area contributed by atoms with Gasteiger partial charge in [-0.3, -0.25) is 4.79 Å². The third kappa shape index (κ3) is 2.15. The van der Waals surface area contributed by atoms with Gasteiger partial charge in [0.05, 0.1) is 5.56 Å². The number of hydrogen-bond donors (Lipinski definition) is 0. The van der Waals surface area contributed by atoms with Crippen LogP contribution in [0.2, 0.25) is 0 Å². The van der Waals surface area contributed by atoms with Gasteiger partial charge in [0.25, 0.3) is 0 Å². The molecule has 0 fully saturated rings. The van der Waals surface area contributed by atoms with E-state index in [1.54, 1.807) is 0 Å². The largest absolute Gasteiger partial charge is 0.427 e. The highest BCUT2D eigenvalue weighted by atomic mass is 127. The Balaban J connectivity index is 3.31. The molecule has 0 aromatic heterocycles. The Bertz CT molecular complexity index is 329. The molecule has 0 saturated carbocycles. The first-order valence-electron chi connectivity index (χ1n) is 3.35. The maximum Gasteiger partial charge on any atom is 0.192 e. The number of halogens is 3. The van der Waals surface area contributed by atoms with E-state index >= 15 is 0 Å². The Morgan fingerprint density at radius 2 is 1.85 bits per heavy atom. The molecule has 70 valence electrons. The lowest BCUT2D eigenvalue weighted by Crippen LogP contribution is -2.01. The smallest absolute Gasteiger partial charge is 0.192 e. The van der Waals surface area contributed by atoms with E-state index in [0.717, 1.165) is 19.1 Å². The zero-order valence-corrected chi connectivity index (χ0v) is 8.76. The first-order valence-corrected chi connectivity index (χ1v) is 4.23. The molecule has 1 aromatic rings. The van der Waals surface area contributed by atoms with Crippen molar-refractivity contribution in [2.24, 2.45) is 0 Å². The zero-order valence-electron chi connectivity index (χ0n) is 6.61. The van der Waals surface area contributed by atoms with E-state index in [2.05, 4.69) is 3.07 Å². The summed E-state index contributed by atoms with van der Waals surface area (Å²) in [7, 11) is 0. The maximum atomic E-state index is 13.0. The molecule has 1 aromatic carbocycles. The third-order valence-corrected chi connectivity index (χ3v) is 1.97. The van der Waals surface area contributed by atoms with Crippen LogP contribution < -0.4 is 3.07 Å². The quantitative estimate of drug-likeness (QED) is 0.620. The molecule has 0 spiro atoms. The van der Waals surface area contributed by atoms with Gasteiger partial charge in [0, 0.05) is 12.1 Å². The van der Waals surface area contributed by atoms with Gasteiger partial charge in [-0.05, 0) is 6.92 Å². The second kappa shape index (κ2) is 3.99. The van der Waals surface area contributed by atoms with Crippen molar-refractivity contribution in [3.05, 3.63) is 29.3 Å². The molecule has 5 heteroatoms. The first kappa shape index (κ1) is 10.4. The predicted molar refractivity (Wildman–Crippen MR) is 51.0 cm³/mol. The standard InChI is InChI=1S/C8H5F2IO2/c1-4(12)8-6(9)2-5(13-11)3-7(8)10/h2-3H,1H3. The highest BCUT2D eigenvalue weighted by molar-refractivity contribution is 14.1. The molecule has 0 bridgehead atoms. The fourth-order valence-electron chi connectivity index (χ4n) is 0.931. The molecule has 0 radical (unpaired) electrons. The van der Waals surface area contributed by atoms with Crippen molar-refractivity contribution >= 4 is 28.8 Å². The summed E-state index contributed by atoms with van der Waals surface area (Å²) in [5.41, 5.74) is -0.530. The number of ketones is 1. The summed E-state index contributed by atoms with van der Waals surface area (Å²) in [4.78, 5) is 10.8. The summed E-state index contributed by atoms with van der Waals surface area (Å²) >= 11 is 1.50. The van der Waals surface area contributed by atoms with Crippen molar-refractivity contribution in [1.82, 2.24) is 0 Å². The molecule has 0 N–H and O–H groups in total. The average Bonchev–Trinajstić information content (AvgIpc) is 2.02. The van der Waals surface area contributed by atoms with Gasteiger partial charge in [-0.1, -0.05) is 0 Å². The number of benzene rings is 1. The Hall–Kier alpha value is -0.720. The Kier molecular flexibility index (Phi) is 3.18. The normalized spacial score (nSPS) is 9.85. The Morgan fingerprint density at radius 1 is 1.38 bits per heavy atom. The number of carbonyl (C=O) groups excluding carboxylic acids is 1. The fraction of sp³-hybridized carbons (Fsp3) is 0.125. The van der Waals surface area contributed by atoms with Crippen LogP contribution in [0.1, 0.15) is 17.3 Å². The van der Waals surface area contributed by atoms with Crippen molar-refractivity contribution in [3.63, 3.8) is 0 Å². The van der Waals surface area contributed by atoms with Gasteiger partial charge < -0.3 is 3.07 Å². The van der Waals surface area contributed by atoms with Gasteiger partial charge in [0.2, 0.25) is 0 Å². The first-order chi connectivity index (χ1) is 6.06. The minimum Gasteiger partial charge on any atom is -0.427 e. The van der Waals surface area contributed by atoms with Gasteiger partial charge in [-0.2, -0.15) is 0 Å². The average molecular weight is 298 g/mol. The van der Waals surface area contributed by atoms with Crippen molar-refractivity contribution in [2.45, 2.75) is 6.92 Å². The second-order valence-corrected chi connectivity index (χ2v) is 2.84. The van der Waals surface area contributed by atoms with Crippen LogP contribution in [0.4, 0.5) is 8.78 Å². The van der Waals surface area contributed by atoms with Crippen LogP contribution in [0, 0.1) is 11.6 Å². The van der Waals surface area contributed by atoms with Crippen LogP contribution in [-0.4, -0.2) is 5.78 Å². The highest BCUT2D eigenvalue weighted by Gasteiger charge is 2.15. The molecule has 0 aliphatic heterocycles. The molecule has 0 amide bonds. The number of carbonyl (C=O) groups is 1. The fourth-order valence-corrected chi connectivity index (χ4v) is 1.19. The van der Waals surface area contributed by atoms with Crippen molar-refractivity contribution in [1.29, 1.82) is 0 Å². The minimum atomic E-state index is -0.904. The molecular weight excluding hydrogens is 293 g/mol. The van der Waals surface area contributed by atoms with E-state index < -0.39 is 23.0 Å². The minimum absolute atomic E-state index is 0.0422. The van der Waals surface area contributed by atoms with Crippen LogP contribution in [0.15, 0.2) is 12.1 Å². The maximum absolute atomic E-state index is 13.0. The Morgan fingerprint density at radius 3 is 2.15 bits per heavy atom. The number of Topliss-reactive ketones (excluding diaryl/α,β-unsaturated/α-hetero) is 1. The summed E-state index contributed by atoms with van der Waals surface area (Å²) in [5.74, 6) is -2.41. The SMILES string of the molecule is CC(=O)c1c(F)cc(OI)cc1F. The molecule has 0 aliphatic carbocycles. The molecule has 2 nitrogen and oxygen atoms in total. The van der Waals surface area contributed by atoms with Gasteiger partial charge in [-0.15, -0.1) is 0 Å².